The minimum Gasteiger partial charge on any atom is -0.497 e. The van der Waals surface area contributed by atoms with Crippen molar-refractivity contribution < 1.29 is 23.7 Å². The second kappa shape index (κ2) is 12.7. The van der Waals surface area contributed by atoms with E-state index in [9.17, 15) is 0 Å². The third-order valence-electron chi connectivity index (χ3n) is 6.40. The molecule has 4 aromatic rings. The van der Waals surface area contributed by atoms with E-state index in [1.807, 2.05) is 48.5 Å². The van der Waals surface area contributed by atoms with Crippen LogP contribution in [0.4, 0.5) is 0 Å². The summed E-state index contributed by atoms with van der Waals surface area (Å²) in [5, 5.41) is 0. The van der Waals surface area contributed by atoms with E-state index in [0.29, 0.717) is 23.0 Å². The molecule has 0 aliphatic carbocycles. The summed E-state index contributed by atoms with van der Waals surface area (Å²) in [5.74, 6) is 4.42. The lowest BCUT2D eigenvalue weighted by atomic mass is 10.0. The first kappa shape index (κ1) is 26.0. The highest BCUT2D eigenvalue weighted by Crippen LogP contribution is 2.38. The van der Waals surface area contributed by atoms with E-state index in [-0.39, 0.29) is 0 Å². The molecule has 0 bridgehead atoms. The molecule has 0 atom stereocenters. The van der Waals surface area contributed by atoms with Gasteiger partial charge in [0.2, 0.25) is 0 Å². The third-order valence-corrected chi connectivity index (χ3v) is 6.40. The molecular formula is C32H34O5. The molecule has 0 saturated carbocycles. The van der Waals surface area contributed by atoms with Gasteiger partial charge >= 0.3 is 0 Å². The summed E-state index contributed by atoms with van der Waals surface area (Å²) >= 11 is 0. The first-order chi connectivity index (χ1) is 18.1. The molecule has 0 N–H and O–H groups in total. The zero-order valence-corrected chi connectivity index (χ0v) is 22.0. The lowest BCUT2D eigenvalue weighted by Crippen LogP contribution is -1.98. The Morgan fingerprint density at radius 1 is 0.378 bits per heavy atom. The van der Waals surface area contributed by atoms with Crippen LogP contribution in [0.25, 0.3) is 0 Å². The Bertz CT molecular complexity index is 1280. The first-order valence-electron chi connectivity index (χ1n) is 12.4. The van der Waals surface area contributed by atoms with Gasteiger partial charge in [-0.2, -0.15) is 0 Å². The molecule has 0 amide bonds. The number of hydrogen-bond acceptors (Lipinski definition) is 5. The van der Waals surface area contributed by atoms with Gasteiger partial charge in [-0.05, 0) is 96.5 Å². The minimum atomic E-state index is 0.654. The number of benzene rings is 4. The fourth-order valence-electron chi connectivity index (χ4n) is 4.19. The van der Waals surface area contributed by atoms with Crippen molar-refractivity contribution in [1.82, 2.24) is 0 Å². The highest BCUT2D eigenvalue weighted by atomic mass is 16.5. The molecule has 0 saturated heterocycles. The fourth-order valence-corrected chi connectivity index (χ4v) is 4.19. The van der Waals surface area contributed by atoms with E-state index in [1.54, 1.807) is 28.4 Å². The topological polar surface area (TPSA) is 46.2 Å². The van der Waals surface area contributed by atoms with Crippen LogP contribution in [0, 0.1) is 0 Å². The van der Waals surface area contributed by atoms with Gasteiger partial charge < -0.3 is 23.7 Å². The summed E-state index contributed by atoms with van der Waals surface area (Å²) in [4.78, 5) is 0. The van der Waals surface area contributed by atoms with Crippen LogP contribution in [-0.4, -0.2) is 28.4 Å². The highest BCUT2D eigenvalue weighted by Gasteiger charge is 2.12. The summed E-state index contributed by atoms with van der Waals surface area (Å²) in [6, 6.07) is 28.5. The molecule has 0 spiro atoms. The molecule has 5 nitrogen and oxygen atoms in total. The van der Waals surface area contributed by atoms with Crippen LogP contribution in [0.5, 0.6) is 34.5 Å². The van der Waals surface area contributed by atoms with Gasteiger partial charge in [-0.25, -0.2) is 0 Å². The van der Waals surface area contributed by atoms with E-state index in [1.165, 1.54) is 22.3 Å². The van der Waals surface area contributed by atoms with Crippen molar-refractivity contribution in [3.8, 4) is 34.5 Å². The van der Waals surface area contributed by atoms with Gasteiger partial charge in [0.25, 0.3) is 0 Å². The van der Waals surface area contributed by atoms with Crippen molar-refractivity contribution in [3.05, 3.63) is 107 Å². The van der Waals surface area contributed by atoms with E-state index < -0.39 is 0 Å². The van der Waals surface area contributed by atoms with Crippen LogP contribution < -0.4 is 23.7 Å². The number of aryl methyl sites for hydroxylation is 4. The quantitative estimate of drug-likeness (QED) is 0.209. The van der Waals surface area contributed by atoms with Gasteiger partial charge in [-0.1, -0.05) is 36.4 Å². The number of rotatable bonds is 12. The van der Waals surface area contributed by atoms with E-state index in [2.05, 4.69) is 36.4 Å². The normalized spacial score (nSPS) is 10.6. The summed E-state index contributed by atoms with van der Waals surface area (Å²) < 4.78 is 28.1. The first-order valence-corrected chi connectivity index (χ1v) is 12.4. The lowest BCUT2D eigenvalue weighted by Gasteiger charge is -2.15. The Hall–Kier alpha value is -4.12. The average molecular weight is 499 g/mol. The molecule has 4 aromatic carbocycles. The molecule has 0 aromatic heterocycles. The fraction of sp³-hybridized carbons (Fsp3) is 0.250. The Kier molecular flexibility index (Phi) is 8.93. The number of ether oxygens (including phenoxy) is 5. The standard InChI is InChI=1S/C32H34O5/c1-33-27-15-9-23(10-16-27)5-7-25-14-20-30(31(21-25)36-4)37-32-22-26(13-19-29(32)35-3)8-6-24-11-17-28(34-2)18-12-24/h9-22H,5-8H2,1-4H3. The molecule has 0 aliphatic heterocycles. The largest absolute Gasteiger partial charge is 0.497 e. The molecule has 4 rings (SSSR count). The Labute approximate surface area is 219 Å². The van der Waals surface area contributed by atoms with Gasteiger partial charge in [-0.3, -0.25) is 0 Å². The Balaban J connectivity index is 1.44. The van der Waals surface area contributed by atoms with Crippen LogP contribution in [0.15, 0.2) is 84.9 Å². The van der Waals surface area contributed by atoms with Crippen LogP contribution in [0.3, 0.4) is 0 Å². The van der Waals surface area contributed by atoms with E-state index >= 15 is 0 Å². The summed E-state index contributed by atoms with van der Waals surface area (Å²) in [6.45, 7) is 0. The lowest BCUT2D eigenvalue weighted by molar-refractivity contribution is 0.356. The maximum Gasteiger partial charge on any atom is 0.169 e. The van der Waals surface area contributed by atoms with Crippen LogP contribution in [0.1, 0.15) is 22.3 Å². The number of methoxy groups -OCH3 is 4. The van der Waals surface area contributed by atoms with E-state index in [0.717, 1.165) is 37.2 Å². The maximum absolute atomic E-state index is 6.31. The van der Waals surface area contributed by atoms with Gasteiger partial charge in [-0.15, -0.1) is 0 Å². The van der Waals surface area contributed by atoms with Crippen molar-refractivity contribution in [3.63, 3.8) is 0 Å². The molecule has 37 heavy (non-hydrogen) atoms. The summed E-state index contributed by atoms with van der Waals surface area (Å²) in [7, 11) is 6.68. The summed E-state index contributed by atoms with van der Waals surface area (Å²) in [6.07, 6.45) is 3.63. The van der Waals surface area contributed by atoms with Crippen molar-refractivity contribution in [1.29, 1.82) is 0 Å². The summed E-state index contributed by atoms with van der Waals surface area (Å²) in [5.41, 5.74) is 4.86. The van der Waals surface area contributed by atoms with Gasteiger partial charge in [0.1, 0.15) is 11.5 Å². The predicted octanol–water partition coefficient (Wildman–Crippen LogP) is 7.08. The van der Waals surface area contributed by atoms with Gasteiger partial charge in [0.15, 0.2) is 23.0 Å². The van der Waals surface area contributed by atoms with Crippen molar-refractivity contribution >= 4 is 0 Å². The van der Waals surface area contributed by atoms with Gasteiger partial charge in [0, 0.05) is 0 Å². The molecule has 0 radical (unpaired) electrons. The molecule has 0 heterocycles. The van der Waals surface area contributed by atoms with Crippen molar-refractivity contribution in [2.45, 2.75) is 25.7 Å². The molecule has 192 valence electrons. The van der Waals surface area contributed by atoms with Crippen LogP contribution >= 0.6 is 0 Å². The second-order valence-corrected chi connectivity index (χ2v) is 8.77. The molecule has 0 unspecified atom stereocenters. The molecular weight excluding hydrogens is 464 g/mol. The van der Waals surface area contributed by atoms with Crippen LogP contribution in [0.2, 0.25) is 0 Å². The smallest absolute Gasteiger partial charge is 0.169 e. The minimum absolute atomic E-state index is 0.654. The van der Waals surface area contributed by atoms with Crippen molar-refractivity contribution in [2.75, 3.05) is 28.4 Å². The Morgan fingerprint density at radius 3 is 1.24 bits per heavy atom. The SMILES string of the molecule is COc1ccc(CCc2ccc(Oc3cc(CCc4ccc(OC)cc4)ccc3OC)c(OC)c2)cc1. The molecule has 0 fully saturated rings. The second-order valence-electron chi connectivity index (χ2n) is 8.77. The highest BCUT2D eigenvalue weighted by molar-refractivity contribution is 5.50. The van der Waals surface area contributed by atoms with Crippen LogP contribution in [-0.2, 0) is 25.7 Å². The average Bonchev–Trinajstić information content (AvgIpc) is 2.96. The Morgan fingerprint density at radius 2 is 0.784 bits per heavy atom. The van der Waals surface area contributed by atoms with Crippen molar-refractivity contribution in [2.24, 2.45) is 0 Å². The van der Waals surface area contributed by atoms with E-state index in [4.69, 9.17) is 23.7 Å². The number of hydrogen-bond donors (Lipinski definition) is 0. The zero-order valence-electron chi connectivity index (χ0n) is 22.0. The monoisotopic (exact) mass is 498 g/mol. The maximum atomic E-state index is 6.31. The zero-order chi connectivity index (χ0) is 26.0. The third kappa shape index (κ3) is 6.98. The van der Waals surface area contributed by atoms with Gasteiger partial charge in [0.05, 0.1) is 28.4 Å². The predicted molar refractivity (Wildman–Crippen MR) is 147 cm³/mol. The molecule has 0 aliphatic rings. The molecule has 5 heteroatoms.